The van der Waals surface area contributed by atoms with Crippen LogP contribution in [-0.4, -0.2) is 26.2 Å². The number of alkyl halides is 3. The molecule has 2 aliphatic rings. The minimum absolute atomic E-state index is 0.115. The van der Waals surface area contributed by atoms with Gasteiger partial charge < -0.3 is 15.1 Å². The number of rotatable bonds is 0. The van der Waals surface area contributed by atoms with E-state index < -0.39 is 12.1 Å². The van der Waals surface area contributed by atoms with Crippen LogP contribution in [0, 0.1) is 0 Å². The number of hydrogen-bond acceptors (Lipinski definition) is 4. The Balaban J connectivity index is 0.000000162. The van der Waals surface area contributed by atoms with E-state index in [1.165, 1.54) is 28.7 Å². The lowest BCUT2D eigenvalue weighted by atomic mass is 10.1. The van der Waals surface area contributed by atoms with Gasteiger partial charge in [-0.2, -0.15) is 13.2 Å². The molecule has 4 aromatic carbocycles. The average molecular weight is 517 g/mol. The summed E-state index contributed by atoms with van der Waals surface area (Å²) in [6.45, 7) is 0.771. The van der Waals surface area contributed by atoms with E-state index in [0.29, 0.717) is 11.3 Å². The van der Waals surface area contributed by atoms with Gasteiger partial charge in [-0.25, -0.2) is 0 Å². The summed E-state index contributed by atoms with van der Waals surface area (Å²) in [5.41, 5.74) is 7.30. The fraction of sp³-hybridized carbons (Fsp3) is 0.167. The predicted octanol–water partition coefficient (Wildman–Crippen LogP) is 7.24. The molecular weight excluding hydrogens is 489 g/mol. The van der Waals surface area contributed by atoms with E-state index in [-0.39, 0.29) is 12.2 Å². The van der Waals surface area contributed by atoms with E-state index in [1.807, 2.05) is 12.1 Å². The van der Waals surface area contributed by atoms with Crippen LogP contribution in [0.1, 0.15) is 11.1 Å². The Morgan fingerprint density at radius 2 is 1.13 bits per heavy atom. The monoisotopic (exact) mass is 516 g/mol. The van der Waals surface area contributed by atoms with Gasteiger partial charge in [0.1, 0.15) is 0 Å². The van der Waals surface area contributed by atoms with Crippen molar-refractivity contribution in [2.45, 2.75) is 19.3 Å². The second-order valence-electron chi connectivity index (χ2n) is 9.12. The van der Waals surface area contributed by atoms with Crippen LogP contribution in [0.5, 0.6) is 0 Å². The molecule has 0 aliphatic carbocycles. The maximum Gasteiger partial charge on any atom is 0.471 e. The average Bonchev–Trinajstić information content (AvgIpc) is 3.15. The molecule has 0 bridgehead atoms. The highest BCUT2D eigenvalue weighted by Gasteiger charge is 2.44. The van der Waals surface area contributed by atoms with Crippen molar-refractivity contribution in [2.75, 3.05) is 34.1 Å². The molecule has 6 rings (SSSR count). The van der Waals surface area contributed by atoms with Crippen molar-refractivity contribution in [1.29, 1.82) is 0 Å². The number of carbonyl (C=O) groups excluding carboxylic acids is 1. The molecule has 0 unspecified atom stereocenters. The number of anilines is 6. The van der Waals surface area contributed by atoms with E-state index in [2.05, 4.69) is 65.8 Å². The fourth-order valence-corrected chi connectivity index (χ4v) is 4.89. The second-order valence-corrected chi connectivity index (χ2v) is 9.12. The van der Waals surface area contributed by atoms with E-state index in [9.17, 15) is 18.0 Å². The zero-order valence-electron chi connectivity index (χ0n) is 21.0. The summed E-state index contributed by atoms with van der Waals surface area (Å²) in [5, 5.41) is 3.47. The molecule has 0 aromatic heterocycles. The summed E-state index contributed by atoms with van der Waals surface area (Å²) in [6, 6.07) is 30.6. The van der Waals surface area contributed by atoms with Crippen LogP contribution < -0.4 is 20.0 Å². The molecular formula is C30H27F3N4O. The van der Waals surface area contributed by atoms with Gasteiger partial charge in [0.2, 0.25) is 0 Å². The third-order valence-corrected chi connectivity index (χ3v) is 6.79. The number of nitrogens with one attached hydrogen (secondary N) is 1. The van der Waals surface area contributed by atoms with Crippen molar-refractivity contribution in [3.8, 4) is 0 Å². The summed E-state index contributed by atoms with van der Waals surface area (Å²) in [4.78, 5) is 16.7. The van der Waals surface area contributed by atoms with Crippen LogP contribution >= 0.6 is 0 Å². The number of fused-ring (bicyclic) bond motifs is 4. The lowest BCUT2D eigenvalue weighted by molar-refractivity contribution is -0.170. The summed E-state index contributed by atoms with van der Waals surface area (Å²) in [7, 11) is 3.89. The van der Waals surface area contributed by atoms with Crippen molar-refractivity contribution in [1.82, 2.24) is 0 Å². The highest BCUT2D eigenvalue weighted by Crippen LogP contribution is 2.41. The second kappa shape index (κ2) is 10.1. The molecule has 0 spiro atoms. The number of hydrogen-bond donors (Lipinski definition) is 1. The van der Waals surface area contributed by atoms with Gasteiger partial charge in [0.15, 0.2) is 0 Å². The summed E-state index contributed by atoms with van der Waals surface area (Å²) < 4.78 is 38.8. The maximum atomic E-state index is 12.9. The normalized spacial score (nSPS) is 13.9. The van der Waals surface area contributed by atoms with Gasteiger partial charge in [0.25, 0.3) is 0 Å². The molecule has 0 fully saturated rings. The number of carbonyl (C=O) groups is 1. The van der Waals surface area contributed by atoms with Crippen molar-refractivity contribution < 1.29 is 18.0 Å². The SMILES string of the molecule is CN1c2ccccc2CN(C(=O)C(F)(F)F)c2ccccc21.CN1c2ccccc2CNc2ccccc21. The van der Waals surface area contributed by atoms with Gasteiger partial charge in [-0.05, 0) is 47.5 Å². The molecule has 38 heavy (non-hydrogen) atoms. The number of halogens is 3. The quantitative estimate of drug-likeness (QED) is 0.267. The van der Waals surface area contributed by atoms with Gasteiger partial charge >= 0.3 is 12.1 Å². The lowest BCUT2D eigenvalue weighted by Crippen LogP contribution is -2.40. The van der Waals surface area contributed by atoms with E-state index in [4.69, 9.17) is 0 Å². The molecule has 8 heteroatoms. The molecule has 1 N–H and O–H groups in total. The summed E-state index contributed by atoms with van der Waals surface area (Å²) in [6.07, 6.45) is -4.91. The molecule has 194 valence electrons. The van der Waals surface area contributed by atoms with Crippen molar-refractivity contribution in [3.05, 3.63) is 108 Å². The Labute approximate surface area is 219 Å². The van der Waals surface area contributed by atoms with Crippen molar-refractivity contribution in [3.63, 3.8) is 0 Å². The van der Waals surface area contributed by atoms with Crippen LogP contribution in [-0.2, 0) is 17.9 Å². The summed E-state index contributed by atoms with van der Waals surface area (Å²) in [5.74, 6) is -1.86. The molecule has 1 amide bonds. The standard InChI is InChI=1S/C16H13F3N2O.C14H14N2/c1-20-12-7-3-2-6-11(12)10-21(15(22)16(17,18)19)14-9-5-4-8-13(14)20;1-16-13-8-4-2-6-11(13)10-15-12-7-3-5-9-14(12)16/h2-9H,10H2,1H3;2-9,15H,10H2,1H3. The summed E-state index contributed by atoms with van der Waals surface area (Å²) >= 11 is 0. The van der Waals surface area contributed by atoms with Gasteiger partial charge in [0, 0.05) is 32.0 Å². The number of amides is 1. The first-order valence-corrected chi connectivity index (χ1v) is 12.2. The van der Waals surface area contributed by atoms with Crippen LogP contribution in [0.4, 0.5) is 47.3 Å². The van der Waals surface area contributed by atoms with Gasteiger partial charge in [0.05, 0.1) is 29.3 Å². The zero-order chi connectivity index (χ0) is 26.9. The molecule has 2 heterocycles. The Morgan fingerprint density at radius 3 is 1.79 bits per heavy atom. The largest absolute Gasteiger partial charge is 0.471 e. The first kappa shape index (κ1) is 25.2. The highest BCUT2D eigenvalue weighted by molar-refractivity contribution is 6.01. The fourth-order valence-electron chi connectivity index (χ4n) is 4.89. The Bertz CT molecular complexity index is 1420. The highest BCUT2D eigenvalue weighted by atomic mass is 19.4. The minimum atomic E-state index is -4.91. The van der Waals surface area contributed by atoms with Crippen molar-refractivity contribution in [2.24, 2.45) is 0 Å². The van der Waals surface area contributed by atoms with Gasteiger partial charge in [-0.15, -0.1) is 0 Å². The van der Waals surface area contributed by atoms with Crippen LogP contribution in [0.15, 0.2) is 97.1 Å². The first-order valence-electron chi connectivity index (χ1n) is 12.2. The molecule has 0 saturated heterocycles. The van der Waals surface area contributed by atoms with E-state index in [1.54, 1.807) is 42.3 Å². The predicted molar refractivity (Wildman–Crippen MR) is 146 cm³/mol. The van der Waals surface area contributed by atoms with E-state index >= 15 is 0 Å². The molecule has 0 atom stereocenters. The molecule has 4 aromatic rings. The van der Waals surface area contributed by atoms with Crippen LogP contribution in [0.2, 0.25) is 0 Å². The third-order valence-electron chi connectivity index (χ3n) is 6.79. The number of benzene rings is 4. The molecule has 5 nitrogen and oxygen atoms in total. The smallest absolute Gasteiger partial charge is 0.379 e. The molecule has 0 saturated carbocycles. The van der Waals surface area contributed by atoms with E-state index in [0.717, 1.165) is 17.1 Å². The van der Waals surface area contributed by atoms with Crippen molar-refractivity contribution >= 4 is 40.0 Å². The molecule has 2 aliphatic heterocycles. The van der Waals surface area contributed by atoms with Gasteiger partial charge in [-0.1, -0.05) is 60.7 Å². The van der Waals surface area contributed by atoms with Crippen LogP contribution in [0.3, 0.4) is 0 Å². The number of para-hydroxylation sites is 6. The maximum absolute atomic E-state index is 12.9. The first-order chi connectivity index (χ1) is 18.3. The minimum Gasteiger partial charge on any atom is -0.379 e. The Morgan fingerprint density at radius 1 is 0.658 bits per heavy atom. The Hall–Kier alpha value is -4.46. The molecule has 0 radical (unpaired) electrons. The van der Waals surface area contributed by atoms with Gasteiger partial charge in [-0.3, -0.25) is 9.69 Å². The zero-order valence-corrected chi connectivity index (χ0v) is 21.0. The Kier molecular flexibility index (Phi) is 6.72. The number of nitrogens with zero attached hydrogens (tertiary/aromatic N) is 3. The lowest BCUT2D eigenvalue weighted by Gasteiger charge is -2.25. The third kappa shape index (κ3) is 4.77. The topological polar surface area (TPSA) is 38.8 Å². The van der Waals surface area contributed by atoms with Crippen LogP contribution in [0.25, 0.3) is 0 Å².